The van der Waals surface area contributed by atoms with Crippen LogP contribution in [0.1, 0.15) is 39.0 Å². The first kappa shape index (κ1) is 15.0. The molecule has 0 amide bonds. The van der Waals surface area contributed by atoms with E-state index in [9.17, 15) is 0 Å². The molecule has 1 aromatic rings. The lowest BCUT2D eigenvalue weighted by molar-refractivity contribution is 0.137. The van der Waals surface area contributed by atoms with Gasteiger partial charge in [0.1, 0.15) is 6.10 Å². The molecule has 1 atom stereocenters. The van der Waals surface area contributed by atoms with E-state index in [0.29, 0.717) is 24.5 Å². The van der Waals surface area contributed by atoms with Crippen LogP contribution in [0.2, 0.25) is 0 Å². The molecule has 21 heavy (non-hydrogen) atoms. The van der Waals surface area contributed by atoms with Gasteiger partial charge in [-0.25, -0.2) is 4.98 Å². The van der Waals surface area contributed by atoms with Gasteiger partial charge in [-0.3, -0.25) is 0 Å². The van der Waals surface area contributed by atoms with Crippen molar-refractivity contribution in [1.29, 1.82) is 0 Å². The molecule has 0 unspecified atom stereocenters. The lowest BCUT2D eigenvalue weighted by Crippen LogP contribution is -2.26. The smallest absolute Gasteiger partial charge is 0.233 e. The Labute approximate surface area is 134 Å². The summed E-state index contributed by atoms with van der Waals surface area (Å²) in [5.74, 6) is 2.11. The third-order valence-electron chi connectivity index (χ3n) is 4.23. The number of hydrogen-bond acceptors (Lipinski definition) is 5. The number of nitrogens with zero attached hydrogens (tertiary/aromatic N) is 2. The summed E-state index contributed by atoms with van der Waals surface area (Å²) < 4.78 is 12.0. The highest BCUT2D eigenvalue weighted by atomic mass is 79.9. The first-order valence-corrected chi connectivity index (χ1v) is 8.53. The number of halogens is 1. The van der Waals surface area contributed by atoms with E-state index >= 15 is 0 Å². The van der Waals surface area contributed by atoms with Gasteiger partial charge in [0.15, 0.2) is 0 Å². The summed E-state index contributed by atoms with van der Waals surface area (Å²) in [4.78, 5) is 8.85. The van der Waals surface area contributed by atoms with Crippen molar-refractivity contribution in [3.8, 4) is 5.88 Å². The number of hydrogen-bond donors (Lipinski definition) is 1. The van der Waals surface area contributed by atoms with Crippen molar-refractivity contribution in [2.45, 2.75) is 51.2 Å². The van der Waals surface area contributed by atoms with Crippen molar-refractivity contribution >= 4 is 21.9 Å². The molecule has 3 rings (SSSR count). The Kier molecular flexibility index (Phi) is 4.95. The number of rotatable bonds is 4. The van der Waals surface area contributed by atoms with Crippen LogP contribution in [-0.4, -0.2) is 35.3 Å². The van der Waals surface area contributed by atoms with Gasteiger partial charge in [-0.2, -0.15) is 4.98 Å². The molecule has 0 radical (unpaired) electrons. The minimum atomic E-state index is 0.0968. The topological polar surface area (TPSA) is 56.3 Å². The van der Waals surface area contributed by atoms with Gasteiger partial charge in [0.2, 0.25) is 11.8 Å². The average Bonchev–Trinajstić information content (AvgIpc) is 2.98. The number of aromatic nitrogens is 2. The molecule has 2 heterocycles. The predicted molar refractivity (Wildman–Crippen MR) is 84.6 cm³/mol. The van der Waals surface area contributed by atoms with E-state index in [1.54, 1.807) is 6.20 Å². The number of anilines is 1. The normalized spacial score (nSPS) is 29.3. The van der Waals surface area contributed by atoms with Crippen LogP contribution in [0, 0.1) is 5.92 Å². The van der Waals surface area contributed by atoms with Crippen LogP contribution < -0.4 is 10.1 Å². The maximum atomic E-state index is 5.89. The fourth-order valence-corrected chi connectivity index (χ4v) is 3.14. The molecule has 1 saturated carbocycles. The summed E-state index contributed by atoms with van der Waals surface area (Å²) in [6.07, 6.45) is 7.69. The Morgan fingerprint density at radius 1 is 1.29 bits per heavy atom. The fourth-order valence-electron chi connectivity index (χ4n) is 2.85. The Morgan fingerprint density at radius 3 is 2.81 bits per heavy atom. The van der Waals surface area contributed by atoms with Crippen LogP contribution in [0.25, 0.3) is 0 Å². The molecule has 0 bridgehead atoms. The van der Waals surface area contributed by atoms with Crippen molar-refractivity contribution in [2.24, 2.45) is 5.92 Å². The van der Waals surface area contributed by atoms with Gasteiger partial charge in [0, 0.05) is 12.5 Å². The second-order valence-electron chi connectivity index (χ2n) is 6.05. The third-order valence-corrected chi connectivity index (χ3v) is 4.77. The first-order chi connectivity index (χ1) is 10.2. The van der Waals surface area contributed by atoms with Crippen molar-refractivity contribution in [1.82, 2.24) is 9.97 Å². The van der Waals surface area contributed by atoms with E-state index in [-0.39, 0.29) is 6.10 Å². The molecule has 0 spiro atoms. The molecule has 1 saturated heterocycles. The van der Waals surface area contributed by atoms with E-state index in [1.165, 1.54) is 25.7 Å². The Hall–Kier alpha value is -0.880. The van der Waals surface area contributed by atoms with Crippen LogP contribution in [0.3, 0.4) is 0 Å². The molecule has 1 aliphatic heterocycles. The van der Waals surface area contributed by atoms with E-state index in [0.717, 1.165) is 23.4 Å². The van der Waals surface area contributed by atoms with Crippen LogP contribution in [0.5, 0.6) is 5.88 Å². The maximum Gasteiger partial charge on any atom is 0.233 e. The highest BCUT2D eigenvalue weighted by Crippen LogP contribution is 2.28. The summed E-state index contributed by atoms with van der Waals surface area (Å²) in [7, 11) is 0. The molecule has 6 heteroatoms. The zero-order valence-corrected chi connectivity index (χ0v) is 13.9. The molecule has 5 nitrogen and oxygen atoms in total. The van der Waals surface area contributed by atoms with Crippen LogP contribution in [0.15, 0.2) is 10.7 Å². The predicted octanol–water partition coefficient (Wildman–Crippen LogP) is 3.40. The minimum absolute atomic E-state index is 0.0968. The van der Waals surface area contributed by atoms with E-state index in [4.69, 9.17) is 9.47 Å². The second-order valence-corrected chi connectivity index (χ2v) is 6.91. The largest absolute Gasteiger partial charge is 0.471 e. The first-order valence-electron chi connectivity index (χ1n) is 7.74. The van der Waals surface area contributed by atoms with Crippen LogP contribution >= 0.6 is 15.9 Å². The van der Waals surface area contributed by atoms with Gasteiger partial charge in [0.05, 0.1) is 23.9 Å². The van der Waals surface area contributed by atoms with Crippen molar-refractivity contribution in [3.05, 3.63) is 10.7 Å². The van der Waals surface area contributed by atoms with E-state index in [1.807, 2.05) is 0 Å². The molecular weight excluding hydrogens is 334 g/mol. The molecule has 2 fully saturated rings. The summed E-state index contributed by atoms with van der Waals surface area (Å²) in [6, 6.07) is 0.477. The van der Waals surface area contributed by atoms with Crippen LogP contribution in [0.4, 0.5) is 5.95 Å². The second kappa shape index (κ2) is 6.92. The van der Waals surface area contributed by atoms with Gasteiger partial charge < -0.3 is 14.8 Å². The molecule has 1 aromatic heterocycles. The Morgan fingerprint density at radius 2 is 2.10 bits per heavy atom. The molecule has 0 aromatic carbocycles. The summed E-state index contributed by atoms with van der Waals surface area (Å²) >= 11 is 3.45. The Bertz CT molecular complexity index is 472. The van der Waals surface area contributed by atoms with Gasteiger partial charge in [0.25, 0.3) is 0 Å². The fraction of sp³-hybridized carbons (Fsp3) is 0.733. The molecule has 116 valence electrons. The minimum Gasteiger partial charge on any atom is -0.471 e. The Balaban J connectivity index is 1.62. The average molecular weight is 356 g/mol. The quantitative estimate of drug-likeness (QED) is 0.896. The lowest BCUT2D eigenvalue weighted by atomic mass is 9.87. The van der Waals surface area contributed by atoms with Crippen molar-refractivity contribution in [2.75, 3.05) is 18.5 Å². The summed E-state index contributed by atoms with van der Waals surface area (Å²) in [5.41, 5.74) is 0. The summed E-state index contributed by atoms with van der Waals surface area (Å²) in [5, 5.41) is 3.44. The van der Waals surface area contributed by atoms with Gasteiger partial charge in [-0.1, -0.05) is 6.92 Å². The molecule has 1 N–H and O–H groups in total. The van der Waals surface area contributed by atoms with Crippen molar-refractivity contribution < 1.29 is 9.47 Å². The third kappa shape index (κ3) is 4.07. The summed E-state index contributed by atoms with van der Waals surface area (Å²) in [6.45, 7) is 3.72. The molecular formula is C15H22BrN3O2. The molecule has 1 aliphatic carbocycles. The van der Waals surface area contributed by atoms with Gasteiger partial charge in [-0.05, 0) is 47.5 Å². The van der Waals surface area contributed by atoms with Crippen molar-refractivity contribution in [3.63, 3.8) is 0 Å². The lowest BCUT2D eigenvalue weighted by Gasteiger charge is -2.27. The maximum absolute atomic E-state index is 5.89. The van der Waals surface area contributed by atoms with Crippen LogP contribution in [-0.2, 0) is 4.74 Å². The zero-order chi connectivity index (χ0) is 14.7. The number of ether oxygens (including phenoxy) is 2. The monoisotopic (exact) mass is 355 g/mol. The molecule has 2 aliphatic rings. The highest BCUT2D eigenvalue weighted by molar-refractivity contribution is 9.10. The SMILES string of the molecule is CC1CCC(Nc2ncc(Br)c(O[C@@H]3CCOC3)n2)CC1. The highest BCUT2D eigenvalue weighted by Gasteiger charge is 2.21. The standard InChI is InChI=1S/C15H22BrN3O2/c1-10-2-4-11(5-3-10)18-15-17-8-13(16)14(19-15)21-12-6-7-20-9-12/h8,10-12H,2-7,9H2,1H3,(H,17,18,19)/t10?,11?,12-/m1/s1. The van der Waals surface area contributed by atoms with Gasteiger partial charge >= 0.3 is 0 Å². The van der Waals surface area contributed by atoms with E-state index < -0.39 is 0 Å². The number of nitrogens with one attached hydrogen (secondary N) is 1. The zero-order valence-electron chi connectivity index (χ0n) is 12.3. The van der Waals surface area contributed by atoms with E-state index in [2.05, 4.69) is 38.1 Å². The van der Waals surface area contributed by atoms with Gasteiger partial charge in [-0.15, -0.1) is 0 Å².